The quantitative estimate of drug-likeness (QED) is 0.696. The van der Waals surface area contributed by atoms with E-state index >= 15 is 0 Å². The van der Waals surface area contributed by atoms with E-state index < -0.39 is 18.1 Å². The number of carbonyl (C=O) groups excluding carboxylic acids is 1. The van der Waals surface area contributed by atoms with E-state index in [1.165, 1.54) is 0 Å². The van der Waals surface area contributed by atoms with Crippen molar-refractivity contribution in [2.75, 3.05) is 6.61 Å². The molecule has 0 fully saturated rings. The van der Waals surface area contributed by atoms with Gasteiger partial charge in [0.25, 0.3) is 5.56 Å². The van der Waals surface area contributed by atoms with E-state index in [-0.39, 0.29) is 23.4 Å². The second-order valence-electron chi connectivity index (χ2n) is 2.89. The molecule has 1 aromatic rings. The minimum Gasteiger partial charge on any atom is -0.462 e. The Balaban J connectivity index is 3.32. The third-order valence-corrected chi connectivity index (χ3v) is 1.90. The topological polar surface area (TPSA) is 103 Å². The first kappa shape index (κ1) is 11.9. The molecule has 0 saturated heterocycles. The lowest BCUT2D eigenvalue weighted by Crippen LogP contribution is -2.18. The first-order valence-corrected chi connectivity index (χ1v) is 4.58. The third kappa shape index (κ3) is 2.27. The van der Waals surface area contributed by atoms with E-state index in [0.29, 0.717) is 0 Å². The normalized spacial score (nSPS) is 9.56. The molecule has 1 aromatic heterocycles. The number of aromatic nitrogens is 1. The number of hydrogen-bond acceptors (Lipinski definition) is 5. The summed E-state index contributed by atoms with van der Waals surface area (Å²) in [6.45, 7) is 1.30. The molecule has 0 unspecified atom stereocenters. The Hall–Kier alpha value is -2.13. The van der Waals surface area contributed by atoms with E-state index in [4.69, 9.17) is 15.1 Å². The molecule has 0 atom stereocenters. The number of carbonyl (C=O) groups is 1. The smallest absolute Gasteiger partial charge is 0.340 e. The number of nitrogens with zero attached hydrogens (tertiary/aromatic N) is 1. The zero-order valence-electron chi connectivity index (χ0n) is 8.61. The van der Waals surface area contributed by atoms with Gasteiger partial charge in [-0.25, -0.2) is 4.79 Å². The fourth-order valence-electron chi connectivity index (χ4n) is 1.17. The molecule has 0 bridgehead atoms. The van der Waals surface area contributed by atoms with Crippen molar-refractivity contribution in [3.63, 3.8) is 0 Å². The summed E-state index contributed by atoms with van der Waals surface area (Å²) in [7, 11) is 0. The minimum atomic E-state index is -0.681. The maximum Gasteiger partial charge on any atom is 0.340 e. The SMILES string of the molecule is CCOC(=O)c1cc(C#N)c(=O)[nH]c1CO. The Morgan fingerprint density at radius 1 is 1.69 bits per heavy atom. The van der Waals surface area contributed by atoms with Gasteiger partial charge in [-0.05, 0) is 13.0 Å². The molecule has 0 amide bonds. The number of ether oxygens (including phenoxy) is 1. The standard InChI is InChI=1S/C10H10N2O4/c1-2-16-10(15)7-3-6(4-11)9(14)12-8(7)5-13/h3,13H,2,5H2,1H3,(H,12,14). The van der Waals surface area contributed by atoms with Gasteiger partial charge in [-0.2, -0.15) is 5.26 Å². The highest BCUT2D eigenvalue weighted by molar-refractivity contribution is 5.90. The van der Waals surface area contributed by atoms with Crippen LogP contribution in [0.2, 0.25) is 0 Å². The molecule has 0 radical (unpaired) electrons. The van der Waals surface area contributed by atoms with Crippen LogP contribution in [-0.4, -0.2) is 22.7 Å². The van der Waals surface area contributed by atoms with E-state index in [9.17, 15) is 9.59 Å². The van der Waals surface area contributed by atoms with Crippen LogP contribution >= 0.6 is 0 Å². The molecule has 16 heavy (non-hydrogen) atoms. The summed E-state index contributed by atoms with van der Waals surface area (Å²) in [6, 6.07) is 2.76. The second kappa shape index (κ2) is 5.09. The first-order valence-electron chi connectivity index (χ1n) is 4.58. The number of hydrogen-bond donors (Lipinski definition) is 2. The number of esters is 1. The molecule has 1 heterocycles. The Bertz CT molecular complexity index is 499. The van der Waals surface area contributed by atoms with E-state index in [2.05, 4.69) is 4.98 Å². The number of nitriles is 1. The molecule has 0 aliphatic heterocycles. The average Bonchev–Trinajstić information content (AvgIpc) is 2.28. The Kier molecular flexibility index (Phi) is 3.80. The number of aliphatic hydroxyl groups excluding tert-OH is 1. The number of pyridine rings is 1. The largest absolute Gasteiger partial charge is 0.462 e. The fourth-order valence-corrected chi connectivity index (χ4v) is 1.17. The lowest BCUT2D eigenvalue weighted by molar-refractivity contribution is 0.0522. The van der Waals surface area contributed by atoms with Gasteiger partial charge in [0.2, 0.25) is 0 Å². The van der Waals surface area contributed by atoms with Crippen molar-refractivity contribution in [1.29, 1.82) is 5.26 Å². The van der Waals surface area contributed by atoms with Crippen LogP contribution in [0.15, 0.2) is 10.9 Å². The van der Waals surface area contributed by atoms with Crippen LogP contribution in [0.25, 0.3) is 0 Å². The molecule has 6 nitrogen and oxygen atoms in total. The van der Waals surface area contributed by atoms with Crippen molar-refractivity contribution in [3.8, 4) is 6.07 Å². The van der Waals surface area contributed by atoms with Crippen molar-refractivity contribution >= 4 is 5.97 Å². The molecular weight excluding hydrogens is 212 g/mol. The van der Waals surface area contributed by atoms with Gasteiger partial charge >= 0.3 is 5.97 Å². The van der Waals surface area contributed by atoms with Crippen molar-refractivity contribution in [3.05, 3.63) is 33.2 Å². The molecule has 0 aliphatic carbocycles. The summed E-state index contributed by atoms with van der Waals surface area (Å²) < 4.78 is 4.73. The summed E-state index contributed by atoms with van der Waals surface area (Å²) >= 11 is 0. The monoisotopic (exact) mass is 222 g/mol. The predicted octanol–water partition coefficient (Wildman–Crippen LogP) is -0.0844. The molecule has 84 valence electrons. The first-order chi connectivity index (χ1) is 7.63. The molecular formula is C10H10N2O4. The Morgan fingerprint density at radius 2 is 2.38 bits per heavy atom. The highest BCUT2D eigenvalue weighted by Gasteiger charge is 2.15. The van der Waals surface area contributed by atoms with Gasteiger partial charge in [0.15, 0.2) is 0 Å². The van der Waals surface area contributed by atoms with Gasteiger partial charge in [0.1, 0.15) is 11.6 Å². The van der Waals surface area contributed by atoms with Crippen LogP contribution in [-0.2, 0) is 11.3 Å². The maximum absolute atomic E-state index is 11.4. The predicted molar refractivity (Wildman–Crippen MR) is 53.7 cm³/mol. The van der Waals surface area contributed by atoms with Gasteiger partial charge in [0.05, 0.1) is 24.5 Å². The summed E-state index contributed by atoms with van der Waals surface area (Å²) in [5, 5.41) is 17.6. The average molecular weight is 222 g/mol. The van der Waals surface area contributed by atoms with Crippen LogP contribution in [0.1, 0.15) is 28.5 Å². The molecule has 1 rings (SSSR count). The zero-order valence-corrected chi connectivity index (χ0v) is 8.61. The van der Waals surface area contributed by atoms with E-state index in [1.807, 2.05) is 0 Å². The summed E-state index contributed by atoms with van der Waals surface area (Å²) in [6.07, 6.45) is 0. The number of aliphatic hydroxyl groups is 1. The lowest BCUT2D eigenvalue weighted by atomic mass is 10.1. The van der Waals surface area contributed by atoms with Crippen molar-refractivity contribution in [1.82, 2.24) is 4.98 Å². The highest BCUT2D eigenvalue weighted by Crippen LogP contribution is 2.07. The van der Waals surface area contributed by atoms with Crippen LogP contribution in [0.5, 0.6) is 0 Å². The van der Waals surface area contributed by atoms with Crippen LogP contribution in [0.4, 0.5) is 0 Å². The Morgan fingerprint density at radius 3 is 2.88 bits per heavy atom. The van der Waals surface area contributed by atoms with Gasteiger partial charge in [-0.1, -0.05) is 0 Å². The summed E-state index contributed by atoms with van der Waals surface area (Å²) in [4.78, 5) is 24.9. The molecule has 2 N–H and O–H groups in total. The minimum absolute atomic E-state index is 0.000463. The highest BCUT2D eigenvalue weighted by atomic mass is 16.5. The summed E-state index contributed by atoms with van der Waals surface area (Å²) in [5.74, 6) is -0.681. The van der Waals surface area contributed by atoms with Gasteiger partial charge in [-0.15, -0.1) is 0 Å². The number of aromatic amines is 1. The Labute approximate surface area is 91.1 Å². The summed E-state index contributed by atoms with van der Waals surface area (Å²) in [5.41, 5.74) is -0.789. The zero-order chi connectivity index (χ0) is 12.1. The van der Waals surface area contributed by atoms with E-state index in [0.717, 1.165) is 6.07 Å². The molecule has 0 saturated carbocycles. The van der Waals surface area contributed by atoms with Crippen molar-refractivity contribution < 1.29 is 14.6 Å². The maximum atomic E-state index is 11.4. The number of rotatable bonds is 3. The van der Waals surface area contributed by atoms with Crippen LogP contribution < -0.4 is 5.56 Å². The molecule has 6 heteroatoms. The van der Waals surface area contributed by atoms with Gasteiger partial charge in [0, 0.05) is 0 Å². The van der Waals surface area contributed by atoms with Gasteiger partial charge < -0.3 is 14.8 Å². The second-order valence-corrected chi connectivity index (χ2v) is 2.89. The van der Waals surface area contributed by atoms with Crippen molar-refractivity contribution in [2.45, 2.75) is 13.5 Å². The molecule has 0 aromatic carbocycles. The third-order valence-electron chi connectivity index (χ3n) is 1.90. The van der Waals surface area contributed by atoms with Gasteiger partial charge in [-0.3, -0.25) is 4.79 Å². The van der Waals surface area contributed by atoms with Crippen LogP contribution in [0, 0.1) is 11.3 Å². The fraction of sp³-hybridized carbons (Fsp3) is 0.300. The number of nitrogens with one attached hydrogen (secondary N) is 1. The molecule has 0 spiro atoms. The lowest BCUT2D eigenvalue weighted by Gasteiger charge is -2.06. The van der Waals surface area contributed by atoms with Crippen molar-refractivity contribution in [2.24, 2.45) is 0 Å². The molecule has 0 aliphatic rings. The van der Waals surface area contributed by atoms with Crippen LogP contribution in [0.3, 0.4) is 0 Å². The number of H-pyrrole nitrogens is 1. The van der Waals surface area contributed by atoms with E-state index in [1.54, 1.807) is 13.0 Å².